The lowest BCUT2D eigenvalue weighted by molar-refractivity contribution is -0.134. The Morgan fingerprint density at radius 1 is 1.14 bits per heavy atom. The lowest BCUT2D eigenvalue weighted by Gasteiger charge is -2.34. The predicted molar refractivity (Wildman–Crippen MR) is 95.4 cm³/mol. The first kappa shape index (κ1) is 19.1. The Balaban J connectivity index is 1.59. The fourth-order valence-electron chi connectivity index (χ4n) is 3.47. The van der Waals surface area contributed by atoms with Gasteiger partial charge < -0.3 is 4.90 Å². The van der Waals surface area contributed by atoms with Gasteiger partial charge in [-0.25, -0.2) is 17.6 Å². The van der Waals surface area contributed by atoms with Crippen LogP contribution < -0.4 is 0 Å². The number of rotatable bonds is 3. The van der Waals surface area contributed by atoms with Crippen molar-refractivity contribution in [1.82, 2.24) is 19.7 Å². The minimum absolute atomic E-state index is 0.0538. The van der Waals surface area contributed by atoms with Crippen molar-refractivity contribution < 1.29 is 22.4 Å². The van der Waals surface area contributed by atoms with Gasteiger partial charge >= 0.3 is 0 Å². The van der Waals surface area contributed by atoms with Crippen LogP contribution in [0.1, 0.15) is 18.2 Å². The van der Waals surface area contributed by atoms with E-state index in [4.69, 9.17) is 0 Å². The van der Waals surface area contributed by atoms with Gasteiger partial charge in [-0.05, 0) is 36.8 Å². The van der Waals surface area contributed by atoms with Crippen LogP contribution in [0.2, 0.25) is 0 Å². The van der Waals surface area contributed by atoms with Crippen LogP contribution in [-0.4, -0.2) is 31.6 Å². The first-order valence-corrected chi connectivity index (χ1v) is 8.93. The van der Waals surface area contributed by atoms with E-state index in [1.54, 1.807) is 15.8 Å². The molecule has 0 unspecified atom stereocenters. The number of hydrogen-bond acceptors (Lipinski definition) is 3. The third kappa shape index (κ3) is 3.59. The Hall–Kier alpha value is -3.23. The molecule has 0 aliphatic carbocycles. The second-order valence-electron chi connectivity index (χ2n) is 6.97. The van der Waals surface area contributed by atoms with Gasteiger partial charge in [0.1, 0.15) is 5.82 Å². The zero-order chi connectivity index (χ0) is 20.7. The molecule has 0 saturated carbocycles. The van der Waals surface area contributed by atoms with Gasteiger partial charge in [-0.15, -0.1) is 0 Å². The molecular weight excluding hydrogens is 388 g/mol. The van der Waals surface area contributed by atoms with Gasteiger partial charge in [0.25, 0.3) is 0 Å². The van der Waals surface area contributed by atoms with E-state index in [2.05, 4.69) is 10.1 Å². The molecule has 1 aliphatic rings. The van der Waals surface area contributed by atoms with E-state index in [9.17, 15) is 22.4 Å². The molecule has 150 valence electrons. The highest BCUT2D eigenvalue weighted by Gasteiger charge is 2.30. The summed E-state index contributed by atoms with van der Waals surface area (Å²) in [7, 11) is 0. The monoisotopic (exact) mass is 404 g/mol. The van der Waals surface area contributed by atoms with E-state index in [1.165, 1.54) is 12.1 Å². The highest BCUT2D eigenvalue weighted by molar-refractivity contribution is 5.79. The second-order valence-corrected chi connectivity index (χ2v) is 6.97. The molecule has 9 heteroatoms. The van der Waals surface area contributed by atoms with Crippen molar-refractivity contribution in [3.05, 3.63) is 71.2 Å². The van der Waals surface area contributed by atoms with Crippen molar-refractivity contribution in [1.29, 1.82) is 0 Å². The van der Waals surface area contributed by atoms with Crippen molar-refractivity contribution in [2.75, 3.05) is 0 Å². The van der Waals surface area contributed by atoms with E-state index in [0.717, 1.165) is 24.0 Å². The molecule has 1 atom stereocenters. The van der Waals surface area contributed by atoms with E-state index in [-0.39, 0.29) is 30.5 Å². The van der Waals surface area contributed by atoms with Crippen LogP contribution in [0.25, 0.3) is 11.3 Å². The number of carbonyl (C=O) groups is 1. The normalized spacial score (nSPS) is 16.0. The van der Waals surface area contributed by atoms with Crippen LogP contribution in [0.15, 0.2) is 36.7 Å². The molecular formula is C20H16F4N4O. The maximum atomic E-state index is 13.4. The number of carbonyl (C=O) groups excluding carboxylic acids is 1. The maximum Gasteiger partial charge on any atom is 0.227 e. The minimum atomic E-state index is -1.56. The Morgan fingerprint density at radius 3 is 2.52 bits per heavy atom. The average molecular weight is 404 g/mol. The first-order valence-electron chi connectivity index (χ1n) is 8.93. The summed E-state index contributed by atoms with van der Waals surface area (Å²) < 4.78 is 55.0. The minimum Gasteiger partial charge on any atom is -0.332 e. The van der Waals surface area contributed by atoms with Gasteiger partial charge in [0.2, 0.25) is 5.91 Å². The van der Waals surface area contributed by atoms with E-state index < -0.39 is 23.3 Å². The Bertz CT molecular complexity index is 1060. The molecule has 0 bridgehead atoms. The van der Waals surface area contributed by atoms with Crippen molar-refractivity contribution in [3.8, 4) is 11.3 Å². The summed E-state index contributed by atoms with van der Waals surface area (Å²) in [6.45, 7) is 2.47. The standard InChI is InChI=1S/C20H16F4N4O/c1-11-9-28-18(14(8-26-28)17-3-2-13(21)7-25-17)10-27(11)19(29)6-12-4-15(22)20(24)16(23)5-12/h2-5,7-8,11H,6,9-10H2,1H3/t11-/m0/s1. The SMILES string of the molecule is C[C@H]1Cn2ncc(-c3ccc(F)cn3)c2CN1C(=O)Cc1cc(F)c(F)c(F)c1. The van der Waals surface area contributed by atoms with Gasteiger partial charge in [-0.3, -0.25) is 14.5 Å². The highest BCUT2D eigenvalue weighted by Crippen LogP contribution is 2.28. The summed E-state index contributed by atoms with van der Waals surface area (Å²) in [5.41, 5.74) is 1.98. The quantitative estimate of drug-likeness (QED) is 0.496. The Labute approximate surface area is 163 Å². The Kier molecular flexibility index (Phi) is 4.81. The van der Waals surface area contributed by atoms with Crippen molar-refractivity contribution in [2.45, 2.75) is 32.5 Å². The number of benzene rings is 1. The van der Waals surface area contributed by atoms with Gasteiger partial charge in [0, 0.05) is 11.6 Å². The lowest BCUT2D eigenvalue weighted by Crippen LogP contribution is -2.45. The van der Waals surface area contributed by atoms with Crippen LogP contribution in [0, 0.1) is 23.3 Å². The molecule has 0 N–H and O–H groups in total. The third-order valence-electron chi connectivity index (χ3n) is 4.96. The zero-order valence-corrected chi connectivity index (χ0v) is 15.4. The van der Waals surface area contributed by atoms with Gasteiger partial charge in [-0.2, -0.15) is 5.10 Å². The summed E-state index contributed by atoms with van der Waals surface area (Å²) in [6, 6.07) is 4.26. The number of amides is 1. The molecule has 4 rings (SSSR count). The molecule has 0 saturated heterocycles. The number of pyridine rings is 1. The predicted octanol–water partition coefficient (Wildman–Crippen LogP) is 3.47. The lowest BCUT2D eigenvalue weighted by atomic mass is 10.1. The molecule has 0 spiro atoms. The van der Waals surface area contributed by atoms with Crippen LogP contribution in [0.5, 0.6) is 0 Å². The fraction of sp³-hybridized carbons (Fsp3) is 0.250. The van der Waals surface area contributed by atoms with Gasteiger partial charge in [0.05, 0.1) is 43.3 Å². The molecule has 2 aromatic heterocycles. The number of fused-ring (bicyclic) bond motifs is 1. The van der Waals surface area contributed by atoms with Crippen LogP contribution in [-0.2, 0) is 24.3 Å². The van der Waals surface area contributed by atoms with Crippen molar-refractivity contribution in [3.63, 3.8) is 0 Å². The summed E-state index contributed by atoms with van der Waals surface area (Å²) in [5, 5.41) is 4.32. The zero-order valence-electron chi connectivity index (χ0n) is 15.4. The molecule has 1 amide bonds. The van der Waals surface area contributed by atoms with E-state index in [1.807, 2.05) is 6.92 Å². The molecule has 5 nitrogen and oxygen atoms in total. The number of nitrogens with zero attached hydrogens (tertiary/aromatic N) is 4. The number of halogens is 4. The molecule has 0 radical (unpaired) electrons. The number of hydrogen-bond donors (Lipinski definition) is 0. The molecule has 3 aromatic rings. The van der Waals surface area contributed by atoms with Crippen molar-refractivity contribution >= 4 is 5.91 Å². The Morgan fingerprint density at radius 2 is 1.86 bits per heavy atom. The topological polar surface area (TPSA) is 51.0 Å². The molecule has 29 heavy (non-hydrogen) atoms. The first-order chi connectivity index (χ1) is 13.8. The smallest absolute Gasteiger partial charge is 0.227 e. The summed E-state index contributed by atoms with van der Waals surface area (Å²) in [6.07, 6.45) is 2.45. The van der Waals surface area contributed by atoms with Crippen LogP contribution in [0.4, 0.5) is 17.6 Å². The highest BCUT2D eigenvalue weighted by atomic mass is 19.2. The molecule has 1 aliphatic heterocycles. The van der Waals surface area contributed by atoms with E-state index >= 15 is 0 Å². The van der Waals surface area contributed by atoms with Crippen molar-refractivity contribution in [2.24, 2.45) is 0 Å². The average Bonchev–Trinajstić information content (AvgIpc) is 3.08. The molecule has 3 heterocycles. The third-order valence-corrected chi connectivity index (χ3v) is 4.96. The summed E-state index contributed by atoms with van der Waals surface area (Å²) in [5.74, 6) is -5.04. The van der Waals surface area contributed by atoms with Crippen LogP contribution in [0.3, 0.4) is 0 Å². The van der Waals surface area contributed by atoms with E-state index in [0.29, 0.717) is 17.8 Å². The maximum absolute atomic E-state index is 13.4. The largest absolute Gasteiger partial charge is 0.332 e. The van der Waals surface area contributed by atoms with Crippen LogP contribution >= 0.6 is 0 Å². The summed E-state index contributed by atoms with van der Waals surface area (Å²) >= 11 is 0. The fourth-order valence-corrected chi connectivity index (χ4v) is 3.47. The number of aromatic nitrogens is 3. The molecule has 1 aromatic carbocycles. The molecule has 0 fully saturated rings. The van der Waals surface area contributed by atoms with Gasteiger partial charge in [0.15, 0.2) is 17.5 Å². The second kappa shape index (κ2) is 7.31. The summed E-state index contributed by atoms with van der Waals surface area (Å²) in [4.78, 5) is 18.4. The van der Waals surface area contributed by atoms with Gasteiger partial charge in [-0.1, -0.05) is 0 Å².